The summed E-state index contributed by atoms with van der Waals surface area (Å²) in [6.07, 6.45) is 0. The molecule has 6 heteroatoms. The van der Waals surface area contributed by atoms with Gasteiger partial charge in [-0.05, 0) is 25.0 Å². The predicted octanol–water partition coefficient (Wildman–Crippen LogP) is 2.23. The summed E-state index contributed by atoms with van der Waals surface area (Å²) in [7, 11) is 1.75. The van der Waals surface area contributed by atoms with Crippen LogP contribution in [0.5, 0.6) is 5.75 Å². The Balaban J connectivity index is 2.37. The molecule has 0 saturated heterocycles. The molecule has 23 heavy (non-hydrogen) atoms. The van der Waals surface area contributed by atoms with Crippen LogP contribution in [0.3, 0.4) is 0 Å². The molecule has 0 aliphatic rings. The van der Waals surface area contributed by atoms with E-state index in [0.29, 0.717) is 25.1 Å². The average Bonchev–Trinajstić information content (AvgIpc) is 2.49. The van der Waals surface area contributed by atoms with Crippen LogP contribution in [0, 0.1) is 5.92 Å². The molecule has 0 aliphatic carbocycles. The van der Waals surface area contributed by atoms with Crippen LogP contribution in [0.1, 0.15) is 27.7 Å². The third-order valence-corrected chi connectivity index (χ3v) is 3.41. The summed E-state index contributed by atoms with van der Waals surface area (Å²) in [5.41, 5.74) is 0.728. The fraction of sp³-hybridized carbons (Fsp3) is 0.529. The topological polar surface area (TPSA) is 74.8 Å². The first-order valence-corrected chi connectivity index (χ1v) is 7.90. The molecule has 0 heterocycles. The van der Waals surface area contributed by atoms with Crippen LogP contribution in [0.15, 0.2) is 29.3 Å². The van der Waals surface area contributed by atoms with Crippen LogP contribution >= 0.6 is 0 Å². The number of hydrogen-bond donors (Lipinski definition) is 3. The Kier molecular flexibility index (Phi) is 7.94. The van der Waals surface area contributed by atoms with E-state index in [4.69, 9.17) is 4.74 Å². The zero-order valence-electron chi connectivity index (χ0n) is 14.6. The Hall–Kier alpha value is -2.24. The molecule has 0 saturated carbocycles. The maximum atomic E-state index is 11.0. The Bertz CT molecular complexity index is 529. The molecule has 0 bridgehead atoms. The summed E-state index contributed by atoms with van der Waals surface area (Å²) in [4.78, 5) is 15.2. The maximum Gasteiger partial charge on any atom is 0.221 e. The van der Waals surface area contributed by atoms with E-state index in [1.165, 1.54) is 6.92 Å². The van der Waals surface area contributed by atoms with E-state index in [1.807, 2.05) is 18.2 Å². The number of aliphatic imine (C=N–C) groups is 1. The third-order valence-electron chi connectivity index (χ3n) is 3.41. The van der Waals surface area contributed by atoms with Crippen molar-refractivity contribution < 1.29 is 9.53 Å². The molecule has 1 atom stereocenters. The van der Waals surface area contributed by atoms with Crippen molar-refractivity contribution in [1.82, 2.24) is 10.6 Å². The smallest absolute Gasteiger partial charge is 0.221 e. The normalized spacial score (nSPS) is 12.7. The summed E-state index contributed by atoms with van der Waals surface area (Å²) in [6, 6.07) is 7.68. The van der Waals surface area contributed by atoms with Gasteiger partial charge < -0.3 is 20.7 Å². The first kappa shape index (κ1) is 18.8. The van der Waals surface area contributed by atoms with E-state index in [0.717, 1.165) is 17.4 Å². The zero-order chi connectivity index (χ0) is 17.2. The van der Waals surface area contributed by atoms with E-state index in [1.54, 1.807) is 13.1 Å². The molecule has 3 N–H and O–H groups in total. The molecule has 1 rings (SSSR count). The quantitative estimate of drug-likeness (QED) is 0.409. The highest BCUT2D eigenvalue weighted by Crippen LogP contribution is 2.16. The lowest BCUT2D eigenvalue weighted by Gasteiger charge is -2.20. The van der Waals surface area contributed by atoms with Crippen LogP contribution in [-0.4, -0.2) is 38.1 Å². The lowest BCUT2D eigenvalue weighted by atomic mass is 10.1. The van der Waals surface area contributed by atoms with E-state index in [9.17, 15) is 4.79 Å². The monoisotopic (exact) mass is 320 g/mol. The summed E-state index contributed by atoms with van der Waals surface area (Å²) >= 11 is 0. The molecule has 128 valence electrons. The molecule has 1 amide bonds. The standard InChI is InChI=1S/C17H28N4O2/c1-12(2)13(3)20-17(18-5)19-9-10-23-16-8-6-7-15(11-16)21-14(4)22/h6-8,11-13H,9-10H2,1-5H3,(H,21,22)(H2,18,19,20). The molecule has 1 aromatic rings. The summed E-state index contributed by atoms with van der Waals surface area (Å²) < 4.78 is 5.68. The number of amides is 1. The molecule has 0 spiro atoms. The van der Waals surface area contributed by atoms with Gasteiger partial charge in [-0.2, -0.15) is 0 Å². The Morgan fingerprint density at radius 1 is 1.30 bits per heavy atom. The van der Waals surface area contributed by atoms with Gasteiger partial charge >= 0.3 is 0 Å². The van der Waals surface area contributed by atoms with E-state index in [-0.39, 0.29) is 5.91 Å². The van der Waals surface area contributed by atoms with Crippen LogP contribution < -0.4 is 20.7 Å². The number of carbonyl (C=O) groups excluding carboxylic acids is 1. The summed E-state index contributed by atoms with van der Waals surface area (Å²) in [5.74, 6) is 1.91. The van der Waals surface area contributed by atoms with Crippen molar-refractivity contribution in [2.45, 2.75) is 33.7 Å². The lowest BCUT2D eigenvalue weighted by Crippen LogP contribution is -2.45. The van der Waals surface area contributed by atoms with Gasteiger partial charge in [0.1, 0.15) is 12.4 Å². The van der Waals surface area contributed by atoms with Crippen LogP contribution in [-0.2, 0) is 4.79 Å². The lowest BCUT2D eigenvalue weighted by molar-refractivity contribution is -0.114. The van der Waals surface area contributed by atoms with Crippen LogP contribution in [0.4, 0.5) is 5.69 Å². The minimum atomic E-state index is -0.0991. The van der Waals surface area contributed by atoms with Gasteiger partial charge in [0.05, 0.1) is 6.54 Å². The van der Waals surface area contributed by atoms with Crippen molar-refractivity contribution in [3.63, 3.8) is 0 Å². The number of hydrogen-bond acceptors (Lipinski definition) is 3. The van der Waals surface area contributed by atoms with Crippen molar-refractivity contribution >= 4 is 17.6 Å². The fourth-order valence-electron chi connectivity index (χ4n) is 1.78. The van der Waals surface area contributed by atoms with Crippen LogP contribution in [0.25, 0.3) is 0 Å². The SMILES string of the molecule is CN=C(NCCOc1cccc(NC(C)=O)c1)NC(C)C(C)C. The molecule has 1 unspecified atom stereocenters. The van der Waals surface area contributed by atoms with Crippen LogP contribution in [0.2, 0.25) is 0 Å². The highest BCUT2D eigenvalue weighted by atomic mass is 16.5. The van der Waals surface area contributed by atoms with Gasteiger partial charge in [0.15, 0.2) is 5.96 Å². The Morgan fingerprint density at radius 3 is 2.65 bits per heavy atom. The zero-order valence-corrected chi connectivity index (χ0v) is 14.6. The van der Waals surface area contributed by atoms with Gasteiger partial charge in [-0.15, -0.1) is 0 Å². The second-order valence-electron chi connectivity index (χ2n) is 5.73. The van der Waals surface area contributed by atoms with Gasteiger partial charge in [0.2, 0.25) is 5.91 Å². The van der Waals surface area contributed by atoms with Gasteiger partial charge in [-0.3, -0.25) is 9.79 Å². The van der Waals surface area contributed by atoms with Gasteiger partial charge in [0, 0.05) is 31.8 Å². The van der Waals surface area contributed by atoms with Gasteiger partial charge in [-0.1, -0.05) is 19.9 Å². The number of rotatable bonds is 7. The molecule has 0 fully saturated rings. The number of ether oxygens (including phenoxy) is 1. The number of anilines is 1. The number of carbonyl (C=O) groups is 1. The molecular formula is C17H28N4O2. The highest BCUT2D eigenvalue weighted by Gasteiger charge is 2.08. The van der Waals surface area contributed by atoms with Crippen molar-refractivity contribution in [2.24, 2.45) is 10.9 Å². The summed E-state index contributed by atoms with van der Waals surface area (Å²) in [6.45, 7) is 9.07. The van der Waals surface area contributed by atoms with Gasteiger partial charge in [0.25, 0.3) is 0 Å². The Morgan fingerprint density at radius 2 is 2.04 bits per heavy atom. The second kappa shape index (κ2) is 9.71. The number of nitrogens with one attached hydrogen (secondary N) is 3. The Labute approximate surface area is 138 Å². The van der Waals surface area contributed by atoms with E-state index < -0.39 is 0 Å². The van der Waals surface area contributed by atoms with Crippen molar-refractivity contribution in [2.75, 3.05) is 25.5 Å². The second-order valence-corrected chi connectivity index (χ2v) is 5.73. The van der Waals surface area contributed by atoms with Crippen molar-refractivity contribution in [1.29, 1.82) is 0 Å². The first-order valence-electron chi connectivity index (χ1n) is 7.90. The minimum Gasteiger partial charge on any atom is -0.492 e. The molecule has 0 aliphatic heterocycles. The minimum absolute atomic E-state index is 0.0991. The molecule has 1 aromatic carbocycles. The molecule has 0 radical (unpaired) electrons. The highest BCUT2D eigenvalue weighted by molar-refractivity contribution is 5.88. The maximum absolute atomic E-state index is 11.0. The average molecular weight is 320 g/mol. The third kappa shape index (κ3) is 7.54. The van der Waals surface area contributed by atoms with E-state index >= 15 is 0 Å². The summed E-state index contributed by atoms with van der Waals surface area (Å²) in [5, 5.41) is 9.28. The molecule has 0 aromatic heterocycles. The molecular weight excluding hydrogens is 292 g/mol. The number of guanidine groups is 1. The van der Waals surface area contributed by atoms with E-state index in [2.05, 4.69) is 41.7 Å². The van der Waals surface area contributed by atoms with Gasteiger partial charge in [-0.25, -0.2) is 0 Å². The van der Waals surface area contributed by atoms with Crippen molar-refractivity contribution in [3.8, 4) is 5.75 Å². The molecule has 6 nitrogen and oxygen atoms in total. The first-order chi connectivity index (χ1) is 10.9. The number of nitrogens with zero attached hydrogens (tertiary/aromatic N) is 1. The largest absolute Gasteiger partial charge is 0.492 e. The fourth-order valence-corrected chi connectivity index (χ4v) is 1.78. The number of benzene rings is 1. The predicted molar refractivity (Wildman–Crippen MR) is 95.0 cm³/mol. The van der Waals surface area contributed by atoms with Crippen molar-refractivity contribution in [3.05, 3.63) is 24.3 Å².